The highest BCUT2D eigenvalue weighted by atomic mass is 16.5. The molecule has 1 rings (SSSR count). The van der Waals surface area contributed by atoms with E-state index in [9.17, 15) is 19.2 Å². The molecule has 0 bridgehead atoms. The smallest absolute Gasteiger partial charge is 0.330 e. The minimum atomic E-state index is -0.716. The van der Waals surface area contributed by atoms with Gasteiger partial charge in [0.1, 0.15) is 6.04 Å². The number of unbranched alkanes of at least 4 members (excludes halogenated alkanes) is 13. The Morgan fingerprint density at radius 3 is 1.96 bits per heavy atom. The molecular formula is C39H72N4O5. The Morgan fingerprint density at radius 1 is 0.875 bits per heavy atom. The molecule has 3 N–H and O–H groups in total. The summed E-state index contributed by atoms with van der Waals surface area (Å²) in [7, 11) is 0. The van der Waals surface area contributed by atoms with E-state index in [4.69, 9.17) is 4.74 Å². The first-order chi connectivity index (χ1) is 23.1. The molecule has 1 heterocycles. The van der Waals surface area contributed by atoms with Gasteiger partial charge in [0, 0.05) is 37.5 Å². The van der Waals surface area contributed by atoms with E-state index in [0.717, 1.165) is 19.3 Å². The number of carbonyl (C=O) groups excluding carboxylic acids is 4. The normalized spacial score (nSPS) is 16.0. The number of hydrazine groups is 1. The maximum absolute atomic E-state index is 14.0. The second-order valence-corrected chi connectivity index (χ2v) is 14.6. The van der Waals surface area contributed by atoms with Crippen LogP contribution in [0.2, 0.25) is 0 Å². The van der Waals surface area contributed by atoms with Gasteiger partial charge in [-0.05, 0) is 50.9 Å². The summed E-state index contributed by atoms with van der Waals surface area (Å²) in [6, 6.07) is -1.27. The van der Waals surface area contributed by atoms with E-state index < -0.39 is 18.1 Å². The van der Waals surface area contributed by atoms with Crippen LogP contribution in [0.5, 0.6) is 0 Å². The van der Waals surface area contributed by atoms with Crippen molar-refractivity contribution in [2.45, 2.75) is 176 Å². The van der Waals surface area contributed by atoms with Crippen LogP contribution in [0.25, 0.3) is 0 Å². The lowest BCUT2D eigenvalue weighted by Gasteiger charge is -2.34. The average Bonchev–Trinajstić information content (AvgIpc) is 3.45. The molecule has 1 aliphatic rings. The van der Waals surface area contributed by atoms with Crippen molar-refractivity contribution in [1.29, 1.82) is 0 Å². The molecule has 1 saturated heterocycles. The quantitative estimate of drug-likeness (QED) is 0.0323. The van der Waals surface area contributed by atoms with Crippen molar-refractivity contribution < 1.29 is 23.9 Å². The standard InChI is InChI=1S/C39H72N4O5/c1-7-9-10-11-12-13-14-15-16-17-18-19-20-21-27-41-43(36(44)24-22-31(3)4)35(29-32(5)6)39(47)42-34(23-25-37(45)48-8-2)30-33-26-28-40-38(33)46/h23,25,31-35,41H,7-22,24,26-30H2,1-6H3,(H,40,46)(H,42,47). The van der Waals surface area contributed by atoms with Crippen LogP contribution in [-0.2, 0) is 23.9 Å². The second kappa shape index (κ2) is 27.4. The van der Waals surface area contributed by atoms with E-state index in [-0.39, 0.29) is 36.2 Å². The lowest BCUT2D eigenvalue weighted by atomic mass is 9.96. The van der Waals surface area contributed by atoms with Crippen LogP contribution in [0.3, 0.4) is 0 Å². The fourth-order valence-corrected chi connectivity index (χ4v) is 6.23. The Hall–Kier alpha value is -2.42. The highest BCUT2D eigenvalue weighted by Gasteiger charge is 2.33. The summed E-state index contributed by atoms with van der Waals surface area (Å²) in [6.07, 6.45) is 23.5. The average molecular weight is 677 g/mol. The maximum atomic E-state index is 14.0. The molecule has 0 radical (unpaired) electrons. The van der Waals surface area contributed by atoms with E-state index in [1.165, 1.54) is 83.1 Å². The number of hydrogen-bond donors (Lipinski definition) is 3. The minimum absolute atomic E-state index is 0.0437. The number of nitrogens with one attached hydrogen (secondary N) is 3. The molecule has 9 nitrogen and oxygen atoms in total. The van der Waals surface area contributed by atoms with Gasteiger partial charge in [-0.2, -0.15) is 0 Å². The molecular weight excluding hydrogens is 604 g/mol. The van der Waals surface area contributed by atoms with E-state index >= 15 is 0 Å². The number of nitrogens with zero attached hydrogens (tertiary/aromatic N) is 1. The van der Waals surface area contributed by atoms with Crippen molar-refractivity contribution in [2.24, 2.45) is 17.8 Å². The summed E-state index contributed by atoms with van der Waals surface area (Å²) >= 11 is 0. The Labute approximate surface area is 293 Å². The van der Waals surface area contributed by atoms with Gasteiger partial charge in [-0.15, -0.1) is 0 Å². The Bertz CT molecular complexity index is 922. The van der Waals surface area contributed by atoms with Crippen LogP contribution < -0.4 is 16.1 Å². The zero-order valence-electron chi connectivity index (χ0n) is 31.6. The highest BCUT2D eigenvalue weighted by molar-refractivity contribution is 5.88. The largest absolute Gasteiger partial charge is 0.463 e. The molecule has 9 heteroatoms. The fourth-order valence-electron chi connectivity index (χ4n) is 6.23. The predicted molar refractivity (Wildman–Crippen MR) is 196 cm³/mol. The van der Waals surface area contributed by atoms with Crippen molar-refractivity contribution in [3.63, 3.8) is 0 Å². The first-order valence-electron chi connectivity index (χ1n) is 19.6. The fraction of sp³-hybridized carbons (Fsp3) is 0.846. The molecule has 0 aromatic carbocycles. The van der Waals surface area contributed by atoms with Gasteiger partial charge >= 0.3 is 5.97 Å². The summed E-state index contributed by atoms with van der Waals surface area (Å²) in [4.78, 5) is 52.0. The molecule has 0 spiro atoms. The first-order valence-corrected chi connectivity index (χ1v) is 19.6. The maximum Gasteiger partial charge on any atom is 0.330 e. The molecule has 1 fully saturated rings. The Kier molecular flexibility index (Phi) is 24.9. The lowest BCUT2D eigenvalue weighted by molar-refractivity contribution is -0.145. The summed E-state index contributed by atoms with van der Waals surface area (Å²) in [5.74, 6) is -0.625. The van der Waals surface area contributed by atoms with Gasteiger partial charge in [0.15, 0.2) is 0 Å². The van der Waals surface area contributed by atoms with Crippen LogP contribution in [0, 0.1) is 17.8 Å². The van der Waals surface area contributed by atoms with Crippen molar-refractivity contribution >= 4 is 23.7 Å². The first kappa shape index (κ1) is 43.6. The number of ether oxygens (including phenoxy) is 1. The van der Waals surface area contributed by atoms with Crippen molar-refractivity contribution in [3.8, 4) is 0 Å². The molecule has 0 aliphatic carbocycles. The molecule has 1 aliphatic heterocycles. The zero-order chi connectivity index (χ0) is 35.6. The van der Waals surface area contributed by atoms with Crippen molar-refractivity contribution in [1.82, 2.24) is 21.1 Å². The van der Waals surface area contributed by atoms with Gasteiger partial charge in [0.25, 0.3) is 0 Å². The molecule has 3 unspecified atom stereocenters. The van der Waals surface area contributed by atoms with Gasteiger partial charge in [0.05, 0.1) is 6.61 Å². The Balaban J connectivity index is 2.77. The van der Waals surface area contributed by atoms with Gasteiger partial charge in [-0.1, -0.05) is 124 Å². The molecule has 3 atom stereocenters. The van der Waals surface area contributed by atoms with E-state index in [0.29, 0.717) is 44.7 Å². The number of rotatable bonds is 29. The predicted octanol–water partition coefficient (Wildman–Crippen LogP) is 7.78. The van der Waals surface area contributed by atoms with Gasteiger partial charge in [-0.25, -0.2) is 10.2 Å². The summed E-state index contributed by atoms with van der Waals surface area (Å²) < 4.78 is 5.04. The Morgan fingerprint density at radius 2 is 1.46 bits per heavy atom. The zero-order valence-corrected chi connectivity index (χ0v) is 31.6. The van der Waals surface area contributed by atoms with Crippen molar-refractivity contribution in [2.75, 3.05) is 19.7 Å². The third-order valence-electron chi connectivity index (χ3n) is 9.11. The van der Waals surface area contributed by atoms with Crippen LogP contribution in [0.4, 0.5) is 0 Å². The van der Waals surface area contributed by atoms with E-state index in [1.807, 2.05) is 13.8 Å². The number of amides is 3. The molecule has 0 aromatic heterocycles. The number of carbonyl (C=O) groups is 4. The summed E-state index contributed by atoms with van der Waals surface area (Å²) in [5, 5.41) is 7.50. The van der Waals surface area contributed by atoms with E-state index in [2.05, 4.69) is 36.8 Å². The molecule has 0 aromatic rings. The number of esters is 1. The van der Waals surface area contributed by atoms with Gasteiger partial charge < -0.3 is 15.4 Å². The highest BCUT2D eigenvalue weighted by Crippen LogP contribution is 2.19. The van der Waals surface area contributed by atoms with Gasteiger partial charge in [-0.3, -0.25) is 19.4 Å². The van der Waals surface area contributed by atoms with Gasteiger partial charge in [0.2, 0.25) is 17.7 Å². The molecule has 3 amide bonds. The molecule has 0 saturated carbocycles. The monoisotopic (exact) mass is 677 g/mol. The lowest BCUT2D eigenvalue weighted by Crippen LogP contribution is -2.57. The van der Waals surface area contributed by atoms with Crippen molar-refractivity contribution in [3.05, 3.63) is 12.2 Å². The van der Waals surface area contributed by atoms with E-state index in [1.54, 1.807) is 18.0 Å². The van der Waals surface area contributed by atoms with Crippen LogP contribution >= 0.6 is 0 Å². The van der Waals surface area contributed by atoms with Crippen LogP contribution in [0.1, 0.15) is 164 Å². The third-order valence-corrected chi connectivity index (χ3v) is 9.11. The third kappa shape index (κ3) is 20.8. The molecule has 278 valence electrons. The van der Waals surface area contributed by atoms with Crippen LogP contribution in [-0.4, -0.2) is 60.5 Å². The summed E-state index contributed by atoms with van der Waals surface area (Å²) in [5.41, 5.74) is 3.36. The SMILES string of the molecule is CCCCCCCCCCCCCCCCNN(C(=O)CCC(C)C)C(CC(C)C)C(=O)NC(C=CC(=O)OCC)CC1CCNC1=O. The minimum Gasteiger partial charge on any atom is -0.463 e. The number of hydrogen-bond acceptors (Lipinski definition) is 6. The topological polar surface area (TPSA) is 117 Å². The second-order valence-electron chi connectivity index (χ2n) is 14.6. The molecule has 48 heavy (non-hydrogen) atoms. The van der Waals surface area contributed by atoms with Crippen LogP contribution in [0.15, 0.2) is 12.2 Å². The summed E-state index contributed by atoms with van der Waals surface area (Å²) in [6.45, 7) is 13.8.